The summed E-state index contributed by atoms with van der Waals surface area (Å²) in [4.78, 5) is 15.0. The fourth-order valence-electron chi connectivity index (χ4n) is 3.66. The molecule has 6 nitrogen and oxygen atoms in total. The lowest BCUT2D eigenvalue weighted by atomic mass is 10.0. The summed E-state index contributed by atoms with van der Waals surface area (Å²) in [7, 11) is 1.66. The number of benzene rings is 2. The molecular weight excluding hydrogens is 366 g/mol. The maximum Gasteiger partial charge on any atom is 0.254 e. The van der Waals surface area contributed by atoms with Crippen LogP contribution in [-0.4, -0.2) is 53.5 Å². The van der Waals surface area contributed by atoms with Crippen molar-refractivity contribution in [3.63, 3.8) is 0 Å². The third-order valence-corrected chi connectivity index (χ3v) is 5.10. The monoisotopic (exact) mass is 391 g/mol. The van der Waals surface area contributed by atoms with E-state index in [0.717, 1.165) is 23.3 Å². The Morgan fingerprint density at radius 3 is 2.86 bits per heavy atom. The van der Waals surface area contributed by atoms with Crippen LogP contribution in [0.15, 0.2) is 67.0 Å². The number of morpholine rings is 1. The molecule has 1 saturated heterocycles. The van der Waals surface area contributed by atoms with Crippen LogP contribution in [0.2, 0.25) is 0 Å². The molecule has 0 spiro atoms. The van der Waals surface area contributed by atoms with E-state index >= 15 is 0 Å². The van der Waals surface area contributed by atoms with Gasteiger partial charge in [-0.1, -0.05) is 24.3 Å². The highest BCUT2D eigenvalue weighted by molar-refractivity contribution is 5.94. The zero-order valence-electron chi connectivity index (χ0n) is 16.5. The van der Waals surface area contributed by atoms with Crippen LogP contribution >= 0.6 is 0 Å². The normalized spacial score (nSPS) is 16.6. The van der Waals surface area contributed by atoms with Gasteiger partial charge < -0.3 is 14.4 Å². The van der Waals surface area contributed by atoms with E-state index in [4.69, 9.17) is 9.47 Å². The zero-order chi connectivity index (χ0) is 20.1. The number of rotatable bonds is 6. The molecule has 2 heterocycles. The second-order valence-corrected chi connectivity index (χ2v) is 7.20. The molecule has 1 unspecified atom stereocenters. The summed E-state index contributed by atoms with van der Waals surface area (Å²) in [6.07, 6.45) is 4.40. The fourth-order valence-corrected chi connectivity index (χ4v) is 3.66. The van der Waals surface area contributed by atoms with Gasteiger partial charge in [0.25, 0.3) is 5.91 Å². The van der Waals surface area contributed by atoms with E-state index in [9.17, 15) is 4.79 Å². The Kier molecular flexibility index (Phi) is 5.91. The molecule has 6 heteroatoms. The Bertz CT molecular complexity index is 956. The van der Waals surface area contributed by atoms with Crippen molar-refractivity contribution >= 4 is 5.91 Å². The number of amides is 1. The van der Waals surface area contributed by atoms with Gasteiger partial charge in [0.2, 0.25) is 0 Å². The van der Waals surface area contributed by atoms with Crippen LogP contribution in [0.1, 0.15) is 21.5 Å². The molecule has 0 N–H and O–H groups in total. The largest absolute Gasteiger partial charge is 0.497 e. The minimum absolute atomic E-state index is 0.0212. The lowest BCUT2D eigenvalue weighted by molar-refractivity contribution is -0.0208. The predicted octanol–water partition coefficient (Wildman–Crippen LogP) is 3.02. The molecule has 29 heavy (non-hydrogen) atoms. The summed E-state index contributed by atoms with van der Waals surface area (Å²) in [5.41, 5.74) is 2.90. The second kappa shape index (κ2) is 8.92. The first-order valence-corrected chi connectivity index (χ1v) is 9.81. The van der Waals surface area contributed by atoms with E-state index in [1.807, 2.05) is 64.3 Å². The smallest absolute Gasteiger partial charge is 0.254 e. The number of carbonyl (C=O) groups is 1. The highest BCUT2D eigenvalue weighted by Crippen LogP contribution is 2.18. The van der Waals surface area contributed by atoms with Crippen molar-refractivity contribution in [2.75, 3.05) is 26.8 Å². The number of hydrogen-bond acceptors (Lipinski definition) is 4. The van der Waals surface area contributed by atoms with Crippen LogP contribution in [0.4, 0.5) is 0 Å². The summed E-state index contributed by atoms with van der Waals surface area (Å²) in [6.45, 7) is 2.39. The Labute approximate surface area is 170 Å². The molecule has 1 atom stereocenters. The lowest BCUT2D eigenvalue weighted by Crippen LogP contribution is -2.46. The van der Waals surface area contributed by atoms with Crippen LogP contribution in [0.25, 0.3) is 0 Å². The number of methoxy groups -OCH3 is 1. The van der Waals surface area contributed by atoms with Crippen molar-refractivity contribution in [2.24, 2.45) is 0 Å². The summed E-state index contributed by atoms with van der Waals surface area (Å²) >= 11 is 0. The highest BCUT2D eigenvalue weighted by atomic mass is 16.5. The third kappa shape index (κ3) is 4.84. The summed E-state index contributed by atoms with van der Waals surface area (Å²) in [5.74, 6) is 0.881. The summed E-state index contributed by atoms with van der Waals surface area (Å²) in [5, 5.41) is 4.23. The van der Waals surface area contributed by atoms with Crippen molar-refractivity contribution in [3.8, 4) is 5.75 Å². The average Bonchev–Trinajstić information content (AvgIpc) is 3.27. The number of carbonyl (C=O) groups excluding carboxylic acids is 1. The molecule has 1 aromatic heterocycles. The lowest BCUT2D eigenvalue weighted by Gasteiger charge is -2.33. The van der Waals surface area contributed by atoms with Crippen LogP contribution < -0.4 is 4.74 Å². The second-order valence-electron chi connectivity index (χ2n) is 7.20. The molecule has 2 aromatic carbocycles. The first-order valence-electron chi connectivity index (χ1n) is 9.81. The molecule has 4 rings (SSSR count). The molecule has 0 radical (unpaired) electrons. The van der Waals surface area contributed by atoms with Gasteiger partial charge >= 0.3 is 0 Å². The molecule has 0 aliphatic carbocycles. The van der Waals surface area contributed by atoms with E-state index in [-0.39, 0.29) is 12.0 Å². The molecule has 0 bridgehead atoms. The fraction of sp³-hybridized carbons (Fsp3) is 0.304. The number of nitrogens with zero attached hydrogens (tertiary/aromatic N) is 3. The predicted molar refractivity (Wildman–Crippen MR) is 110 cm³/mol. The quantitative estimate of drug-likeness (QED) is 0.648. The average molecular weight is 391 g/mol. The van der Waals surface area contributed by atoms with Gasteiger partial charge in [-0.2, -0.15) is 5.10 Å². The van der Waals surface area contributed by atoms with Gasteiger partial charge in [0.15, 0.2) is 0 Å². The topological polar surface area (TPSA) is 56.6 Å². The maximum atomic E-state index is 13.1. The van der Waals surface area contributed by atoms with Crippen LogP contribution in [0, 0.1) is 0 Å². The molecule has 1 fully saturated rings. The van der Waals surface area contributed by atoms with E-state index in [0.29, 0.717) is 31.8 Å². The highest BCUT2D eigenvalue weighted by Gasteiger charge is 2.25. The standard InChI is InChI=1S/C23H25N3O3/c1-28-21-8-3-5-18(14-21)15-22-17-25(11-12-29-22)23(27)20-7-2-6-19(13-20)16-26-10-4-9-24-26/h2-10,13-14,22H,11-12,15-17H2,1H3. The summed E-state index contributed by atoms with van der Waals surface area (Å²) < 4.78 is 13.1. The van der Waals surface area contributed by atoms with Crippen molar-refractivity contribution < 1.29 is 14.3 Å². The van der Waals surface area contributed by atoms with Gasteiger partial charge in [0, 0.05) is 37.5 Å². The van der Waals surface area contributed by atoms with E-state index in [1.165, 1.54) is 0 Å². The van der Waals surface area contributed by atoms with E-state index in [2.05, 4.69) is 11.2 Å². The zero-order valence-corrected chi connectivity index (χ0v) is 16.5. The Balaban J connectivity index is 1.42. The van der Waals surface area contributed by atoms with Crippen LogP contribution in [0.3, 0.4) is 0 Å². The van der Waals surface area contributed by atoms with Gasteiger partial charge in [0.1, 0.15) is 5.75 Å². The van der Waals surface area contributed by atoms with E-state index < -0.39 is 0 Å². The first-order chi connectivity index (χ1) is 14.2. The molecule has 0 saturated carbocycles. The molecule has 1 aliphatic heterocycles. The molecule has 1 aliphatic rings. The van der Waals surface area contributed by atoms with Crippen molar-refractivity contribution in [2.45, 2.75) is 19.1 Å². The molecular formula is C23H25N3O3. The van der Waals surface area contributed by atoms with Crippen LogP contribution in [0.5, 0.6) is 5.75 Å². The van der Waals surface area contributed by atoms with Crippen LogP contribution in [-0.2, 0) is 17.7 Å². The maximum absolute atomic E-state index is 13.1. The molecule has 1 amide bonds. The number of aromatic nitrogens is 2. The van der Waals surface area contributed by atoms with Gasteiger partial charge in [-0.15, -0.1) is 0 Å². The minimum Gasteiger partial charge on any atom is -0.497 e. The van der Waals surface area contributed by atoms with Crippen molar-refractivity contribution in [1.29, 1.82) is 0 Å². The number of ether oxygens (including phenoxy) is 2. The van der Waals surface area contributed by atoms with Crippen molar-refractivity contribution in [1.82, 2.24) is 14.7 Å². The van der Waals surface area contributed by atoms with E-state index in [1.54, 1.807) is 13.3 Å². The van der Waals surface area contributed by atoms with Gasteiger partial charge in [-0.05, 0) is 41.5 Å². The first kappa shape index (κ1) is 19.2. The number of hydrogen-bond donors (Lipinski definition) is 0. The Morgan fingerprint density at radius 2 is 2.03 bits per heavy atom. The van der Waals surface area contributed by atoms with Gasteiger partial charge in [-0.25, -0.2) is 0 Å². The third-order valence-electron chi connectivity index (χ3n) is 5.10. The van der Waals surface area contributed by atoms with Gasteiger partial charge in [-0.3, -0.25) is 9.48 Å². The van der Waals surface area contributed by atoms with Crippen molar-refractivity contribution in [3.05, 3.63) is 83.7 Å². The minimum atomic E-state index is -0.0212. The Morgan fingerprint density at radius 1 is 1.17 bits per heavy atom. The summed E-state index contributed by atoms with van der Waals surface area (Å²) in [6, 6.07) is 17.7. The SMILES string of the molecule is COc1cccc(CC2CN(C(=O)c3cccc(Cn4cccn4)c3)CCO2)c1. The molecule has 3 aromatic rings. The van der Waals surface area contributed by atoms with Gasteiger partial charge in [0.05, 0.1) is 26.4 Å². The molecule has 150 valence electrons. The Hall–Kier alpha value is -3.12.